The van der Waals surface area contributed by atoms with E-state index in [1.807, 2.05) is 36.4 Å². The molecular weight excluding hydrogens is 431 g/mol. The fourth-order valence-electron chi connectivity index (χ4n) is 5.00. The van der Waals surface area contributed by atoms with Crippen LogP contribution in [-0.2, 0) is 15.8 Å². The van der Waals surface area contributed by atoms with E-state index in [0.717, 1.165) is 22.8 Å². The number of hydrogen-bond donors (Lipinski definition) is 1. The summed E-state index contributed by atoms with van der Waals surface area (Å²) < 4.78 is 40.6. The fourth-order valence-corrected chi connectivity index (χ4v) is 5.00. The minimum atomic E-state index is -4.42. The number of benzene rings is 2. The average Bonchev–Trinajstić information content (AvgIpc) is 2.94. The average molecular weight is 457 g/mol. The SMILES string of the molecule is O=C(O)CCCC(=O)N1CCC(C2c3ccccc3C=Cc3ccc(C(F)(F)F)cc32)CC1. The Labute approximate surface area is 190 Å². The fraction of sp³-hybridized carbons (Fsp3) is 0.385. The van der Waals surface area contributed by atoms with E-state index < -0.39 is 17.7 Å². The van der Waals surface area contributed by atoms with Gasteiger partial charge >= 0.3 is 12.1 Å². The van der Waals surface area contributed by atoms with E-state index in [1.165, 1.54) is 6.07 Å². The second kappa shape index (κ2) is 9.41. The van der Waals surface area contributed by atoms with Crippen LogP contribution in [0.15, 0.2) is 42.5 Å². The first kappa shape index (κ1) is 23.1. The standard InChI is InChI=1S/C26H26F3NO3/c27-26(28,29)20-11-10-18-9-8-17-4-1-2-5-21(17)25(22(18)16-20)19-12-14-30(15-13-19)23(31)6-3-7-24(32)33/h1-2,4-5,8-11,16,19,25H,3,6-7,12-15H2,(H,32,33). The van der Waals surface area contributed by atoms with Crippen LogP contribution >= 0.6 is 0 Å². The van der Waals surface area contributed by atoms with Crippen LogP contribution in [0.4, 0.5) is 13.2 Å². The lowest BCUT2D eigenvalue weighted by Crippen LogP contribution is -2.40. The topological polar surface area (TPSA) is 57.6 Å². The number of carboxylic acid groups (broad SMARTS) is 1. The summed E-state index contributed by atoms with van der Waals surface area (Å²) in [6, 6.07) is 11.8. The Morgan fingerprint density at radius 1 is 0.939 bits per heavy atom. The number of piperidine rings is 1. The molecule has 2 aromatic carbocycles. The van der Waals surface area contributed by atoms with Gasteiger partial charge in [0.1, 0.15) is 0 Å². The maximum absolute atomic E-state index is 13.5. The van der Waals surface area contributed by atoms with Crippen molar-refractivity contribution in [2.24, 2.45) is 5.92 Å². The van der Waals surface area contributed by atoms with Crippen LogP contribution in [0, 0.1) is 5.92 Å². The Morgan fingerprint density at radius 2 is 1.61 bits per heavy atom. The monoisotopic (exact) mass is 457 g/mol. The second-order valence-electron chi connectivity index (χ2n) is 8.75. The Balaban J connectivity index is 1.59. The molecule has 2 aliphatic rings. The summed E-state index contributed by atoms with van der Waals surface area (Å²) in [5.74, 6) is -1.08. The lowest BCUT2D eigenvalue weighted by Gasteiger charge is -2.37. The maximum Gasteiger partial charge on any atom is 0.416 e. The molecule has 1 unspecified atom stereocenters. The zero-order valence-electron chi connectivity index (χ0n) is 18.1. The number of carbonyl (C=O) groups is 2. The molecule has 0 saturated carbocycles. The number of carbonyl (C=O) groups excluding carboxylic acids is 1. The third-order valence-corrected chi connectivity index (χ3v) is 6.67. The molecule has 4 rings (SSSR count). The van der Waals surface area contributed by atoms with Gasteiger partial charge in [0.25, 0.3) is 0 Å². The first-order valence-corrected chi connectivity index (χ1v) is 11.2. The van der Waals surface area contributed by atoms with Crippen LogP contribution < -0.4 is 0 Å². The van der Waals surface area contributed by atoms with Gasteiger partial charge < -0.3 is 10.0 Å². The van der Waals surface area contributed by atoms with Gasteiger partial charge in [-0.05, 0) is 59.6 Å². The third kappa shape index (κ3) is 5.13. The molecule has 0 spiro atoms. The zero-order valence-corrected chi connectivity index (χ0v) is 18.1. The number of fused-ring (bicyclic) bond motifs is 2. The van der Waals surface area contributed by atoms with Gasteiger partial charge in [0, 0.05) is 31.8 Å². The molecule has 7 heteroatoms. The summed E-state index contributed by atoms with van der Waals surface area (Å²) in [7, 11) is 0. The van der Waals surface area contributed by atoms with E-state index in [-0.39, 0.29) is 30.6 Å². The van der Waals surface area contributed by atoms with Crippen LogP contribution in [0.5, 0.6) is 0 Å². The van der Waals surface area contributed by atoms with E-state index in [9.17, 15) is 22.8 Å². The number of halogens is 3. The van der Waals surface area contributed by atoms with E-state index in [1.54, 1.807) is 11.0 Å². The van der Waals surface area contributed by atoms with Crippen LogP contribution in [0.25, 0.3) is 12.2 Å². The number of alkyl halides is 3. The molecule has 0 radical (unpaired) electrons. The summed E-state index contributed by atoms with van der Waals surface area (Å²) in [5, 5.41) is 8.77. The van der Waals surface area contributed by atoms with Crippen LogP contribution in [0.1, 0.15) is 65.8 Å². The lowest BCUT2D eigenvalue weighted by atomic mass is 9.74. The molecule has 0 aromatic heterocycles. The molecule has 1 heterocycles. The molecular formula is C26H26F3NO3. The minimum absolute atomic E-state index is 0.0353. The van der Waals surface area contributed by atoms with Crippen molar-refractivity contribution in [3.05, 3.63) is 70.3 Å². The Morgan fingerprint density at radius 3 is 2.27 bits per heavy atom. The van der Waals surface area contributed by atoms with Crippen molar-refractivity contribution in [2.75, 3.05) is 13.1 Å². The molecule has 1 amide bonds. The van der Waals surface area contributed by atoms with Crippen LogP contribution in [0.2, 0.25) is 0 Å². The van der Waals surface area contributed by atoms with Crippen LogP contribution in [0.3, 0.4) is 0 Å². The van der Waals surface area contributed by atoms with Crippen molar-refractivity contribution >= 4 is 24.0 Å². The largest absolute Gasteiger partial charge is 0.481 e. The predicted octanol–water partition coefficient (Wildman–Crippen LogP) is 5.81. The highest BCUT2D eigenvalue weighted by Crippen LogP contribution is 2.44. The molecule has 1 saturated heterocycles. The first-order valence-electron chi connectivity index (χ1n) is 11.2. The number of aliphatic carboxylic acids is 1. The maximum atomic E-state index is 13.5. The molecule has 4 nitrogen and oxygen atoms in total. The lowest BCUT2D eigenvalue weighted by molar-refractivity contribution is -0.138. The highest BCUT2D eigenvalue weighted by Gasteiger charge is 2.36. The normalized spacial score (nSPS) is 18.4. The number of amides is 1. The van der Waals surface area contributed by atoms with Crippen molar-refractivity contribution < 1.29 is 27.9 Å². The first-order chi connectivity index (χ1) is 15.7. The molecule has 1 aliphatic heterocycles. The highest BCUT2D eigenvalue weighted by atomic mass is 19.4. The van der Waals surface area contributed by atoms with E-state index in [2.05, 4.69) is 0 Å². The van der Waals surface area contributed by atoms with Gasteiger partial charge in [0.2, 0.25) is 5.91 Å². The van der Waals surface area contributed by atoms with Gasteiger partial charge in [-0.15, -0.1) is 0 Å². The van der Waals surface area contributed by atoms with Crippen molar-refractivity contribution in [3.8, 4) is 0 Å². The third-order valence-electron chi connectivity index (χ3n) is 6.67. The zero-order chi connectivity index (χ0) is 23.6. The predicted molar refractivity (Wildman–Crippen MR) is 119 cm³/mol. The van der Waals surface area contributed by atoms with Gasteiger partial charge in [-0.2, -0.15) is 13.2 Å². The van der Waals surface area contributed by atoms with E-state index >= 15 is 0 Å². The second-order valence-corrected chi connectivity index (χ2v) is 8.75. The Kier molecular flexibility index (Phi) is 6.58. The number of carboxylic acids is 1. The molecule has 2 aromatic rings. The summed E-state index contributed by atoms with van der Waals surface area (Å²) in [6.07, 6.45) is 1.26. The van der Waals surface area contributed by atoms with Crippen molar-refractivity contribution in [1.29, 1.82) is 0 Å². The van der Waals surface area contributed by atoms with Gasteiger partial charge in [-0.3, -0.25) is 9.59 Å². The molecule has 1 aliphatic carbocycles. The Hall–Kier alpha value is -3.09. The Bertz CT molecular complexity index is 1070. The minimum Gasteiger partial charge on any atom is -0.481 e. The molecule has 1 fully saturated rings. The number of likely N-dealkylation sites (tertiary alicyclic amines) is 1. The molecule has 1 atom stereocenters. The summed E-state index contributed by atoms with van der Waals surface area (Å²) in [5.41, 5.74) is 2.83. The number of hydrogen-bond acceptors (Lipinski definition) is 2. The summed E-state index contributed by atoms with van der Waals surface area (Å²) >= 11 is 0. The number of nitrogens with zero attached hydrogens (tertiary/aromatic N) is 1. The van der Waals surface area contributed by atoms with Gasteiger partial charge in [-0.25, -0.2) is 0 Å². The summed E-state index contributed by atoms with van der Waals surface area (Å²) in [4.78, 5) is 24.9. The molecule has 0 bridgehead atoms. The van der Waals surface area contributed by atoms with Crippen LogP contribution in [-0.4, -0.2) is 35.0 Å². The van der Waals surface area contributed by atoms with Gasteiger partial charge in [0.05, 0.1) is 5.56 Å². The summed E-state index contributed by atoms with van der Waals surface area (Å²) in [6.45, 7) is 1.05. The highest BCUT2D eigenvalue weighted by molar-refractivity contribution is 5.78. The molecule has 33 heavy (non-hydrogen) atoms. The van der Waals surface area contributed by atoms with E-state index in [4.69, 9.17) is 5.11 Å². The van der Waals surface area contributed by atoms with Crippen molar-refractivity contribution in [1.82, 2.24) is 4.90 Å². The smallest absolute Gasteiger partial charge is 0.416 e. The van der Waals surface area contributed by atoms with Crippen molar-refractivity contribution in [3.63, 3.8) is 0 Å². The van der Waals surface area contributed by atoms with E-state index in [0.29, 0.717) is 37.9 Å². The van der Waals surface area contributed by atoms with Gasteiger partial charge in [-0.1, -0.05) is 42.5 Å². The number of rotatable bonds is 5. The molecule has 174 valence electrons. The molecule has 1 N–H and O–H groups in total. The quantitative estimate of drug-likeness (QED) is 0.616. The van der Waals surface area contributed by atoms with Crippen molar-refractivity contribution in [2.45, 2.75) is 44.2 Å². The van der Waals surface area contributed by atoms with Gasteiger partial charge in [0.15, 0.2) is 0 Å².